The summed E-state index contributed by atoms with van der Waals surface area (Å²) < 4.78 is 0.385. The maximum atomic E-state index is 12.5. The molecule has 0 aliphatic heterocycles. The van der Waals surface area contributed by atoms with Gasteiger partial charge in [-0.05, 0) is 53.0 Å². The van der Waals surface area contributed by atoms with Crippen molar-refractivity contribution < 1.29 is 9.59 Å². The Labute approximate surface area is 210 Å². The number of anilines is 1. The summed E-state index contributed by atoms with van der Waals surface area (Å²) in [5, 5.41) is 12.6. The van der Waals surface area contributed by atoms with Crippen LogP contribution in [0.1, 0.15) is 52.4 Å². The van der Waals surface area contributed by atoms with Crippen molar-refractivity contribution in [1.82, 2.24) is 25.5 Å². The number of carbonyl (C=O) groups excluding carboxylic acids is 2. The van der Waals surface area contributed by atoms with Gasteiger partial charge < -0.3 is 15.6 Å². The Morgan fingerprint density at radius 3 is 2.56 bits per heavy atom. The van der Waals surface area contributed by atoms with E-state index in [1.165, 1.54) is 0 Å². The van der Waals surface area contributed by atoms with Gasteiger partial charge in [-0.1, -0.05) is 48.7 Å². The summed E-state index contributed by atoms with van der Waals surface area (Å²) in [6, 6.07) is 14.7. The number of imidazole rings is 1. The highest BCUT2D eigenvalue weighted by Gasteiger charge is 2.19. The molecule has 4 N–H and O–H groups in total. The van der Waals surface area contributed by atoms with E-state index in [1.807, 2.05) is 24.3 Å². The maximum absolute atomic E-state index is 12.5. The summed E-state index contributed by atoms with van der Waals surface area (Å²) >= 11 is 9.40. The van der Waals surface area contributed by atoms with Gasteiger partial charge in [0.05, 0.1) is 26.1 Å². The number of para-hydroxylation sites is 2. The average molecular weight is 544 g/mol. The fraction of sp³-hybridized carbons (Fsp3) is 0.250. The molecule has 2 aromatic heterocycles. The van der Waals surface area contributed by atoms with Crippen molar-refractivity contribution in [1.29, 1.82) is 0 Å². The van der Waals surface area contributed by atoms with Crippen LogP contribution in [0.4, 0.5) is 5.82 Å². The van der Waals surface area contributed by atoms with Crippen LogP contribution in [0.3, 0.4) is 0 Å². The monoisotopic (exact) mass is 542 g/mol. The molecule has 0 bridgehead atoms. The van der Waals surface area contributed by atoms with E-state index in [0.29, 0.717) is 21.6 Å². The molecule has 2 heterocycles. The molecule has 176 valence electrons. The lowest BCUT2D eigenvalue weighted by Gasteiger charge is -2.05. The second kappa shape index (κ2) is 11.3. The number of benzene rings is 2. The second-order valence-electron chi connectivity index (χ2n) is 7.82. The zero-order chi connectivity index (χ0) is 23.9. The zero-order valence-corrected chi connectivity index (χ0v) is 20.7. The molecular formula is C24H24BrClN6O2. The third kappa shape index (κ3) is 5.84. The number of nitrogens with zero attached hydrogens (tertiary/aromatic N) is 2. The minimum atomic E-state index is -0.410. The van der Waals surface area contributed by atoms with E-state index < -0.39 is 5.91 Å². The number of hydrogen-bond donors (Lipinski definition) is 4. The average Bonchev–Trinajstić information content (AvgIpc) is 3.41. The lowest BCUT2D eigenvalue weighted by molar-refractivity contribution is 0.0946. The molecule has 0 aliphatic rings. The molecule has 2 aromatic carbocycles. The summed E-state index contributed by atoms with van der Waals surface area (Å²) in [5.41, 5.74) is 2.64. The number of fused-ring (bicyclic) bond motifs is 1. The van der Waals surface area contributed by atoms with Gasteiger partial charge in [-0.3, -0.25) is 14.7 Å². The first-order valence-electron chi connectivity index (χ1n) is 11.0. The Kier molecular flexibility index (Phi) is 7.97. The van der Waals surface area contributed by atoms with Gasteiger partial charge in [-0.2, -0.15) is 5.10 Å². The third-order valence-corrected chi connectivity index (χ3v) is 6.45. The molecule has 4 rings (SSSR count). The molecule has 4 aromatic rings. The third-order valence-electron chi connectivity index (χ3n) is 5.35. The van der Waals surface area contributed by atoms with Crippen LogP contribution in [0.25, 0.3) is 11.0 Å². The molecular weight excluding hydrogens is 520 g/mol. The van der Waals surface area contributed by atoms with Crippen LogP contribution in [0.15, 0.2) is 53.0 Å². The van der Waals surface area contributed by atoms with Gasteiger partial charge >= 0.3 is 0 Å². The first-order chi connectivity index (χ1) is 16.5. The standard InChI is InChI=1S/C24H24BrClN6O2/c25-20-21(31-32-22(20)30-23(33)15-9-4-5-10-16(15)26)24(34)27-14-8-2-1-3-13-19-28-17-11-6-7-12-18(17)29-19/h4-7,9-12H,1-3,8,13-14H2,(H,27,34)(H,28,29)(H2,30,31,32,33). The van der Waals surface area contributed by atoms with Gasteiger partial charge in [-0.25, -0.2) is 4.98 Å². The quantitative estimate of drug-likeness (QED) is 0.198. The number of rotatable bonds is 10. The topological polar surface area (TPSA) is 116 Å². The second-order valence-corrected chi connectivity index (χ2v) is 9.02. The van der Waals surface area contributed by atoms with Crippen molar-refractivity contribution >= 4 is 56.2 Å². The first kappa shape index (κ1) is 24.0. The highest BCUT2D eigenvalue weighted by atomic mass is 79.9. The van der Waals surface area contributed by atoms with E-state index in [4.69, 9.17) is 11.6 Å². The molecule has 0 atom stereocenters. The van der Waals surface area contributed by atoms with Crippen LogP contribution in [0.2, 0.25) is 5.02 Å². The normalized spacial score (nSPS) is 11.0. The van der Waals surface area contributed by atoms with Crippen molar-refractivity contribution in [2.45, 2.75) is 32.1 Å². The van der Waals surface area contributed by atoms with Gasteiger partial charge in [0, 0.05) is 13.0 Å². The predicted molar refractivity (Wildman–Crippen MR) is 136 cm³/mol. The van der Waals surface area contributed by atoms with Crippen molar-refractivity contribution in [3.8, 4) is 0 Å². The smallest absolute Gasteiger partial charge is 0.270 e. The molecule has 0 unspecified atom stereocenters. The Morgan fingerprint density at radius 2 is 1.74 bits per heavy atom. The summed E-state index contributed by atoms with van der Waals surface area (Å²) in [4.78, 5) is 32.9. The van der Waals surface area contributed by atoms with Crippen LogP contribution in [0.5, 0.6) is 0 Å². The fourth-order valence-electron chi connectivity index (χ4n) is 3.57. The lowest BCUT2D eigenvalue weighted by Crippen LogP contribution is -2.25. The SMILES string of the molecule is O=C(Nc1n[nH]c(C(=O)NCCCCCCc2nc3ccccc3[nH]2)c1Br)c1ccccc1Cl. The Hall–Kier alpha value is -3.17. The van der Waals surface area contributed by atoms with E-state index in [2.05, 4.69) is 46.7 Å². The van der Waals surface area contributed by atoms with Crippen molar-refractivity contribution in [2.75, 3.05) is 11.9 Å². The molecule has 2 amide bonds. The number of aromatic amines is 2. The van der Waals surface area contributed by atoms with Gasteiger partial charge in [0.1, 0.15) is 11.5 Å². The molecule has 10 heteroatoms. The minimum Gasteiger partial charge on any atom is -0.351 e. The number of aryl methyl sites for hydroxylation is 1. The van der Waals surface area contributed by atoms with Crippen LogP contribution < -0.4 is 10.6 Å². The Balaban J connectivity index is 1.17. The van der Waals surface area contributed by atoms with Crippen LogP contribution in [0, 0.1) is 0 Å². The molecule has 0 aliphatic carbocycles. The number of aromatic nitrogens is 4. The molecule has 34 heavy (non-hydrogen) atoms. The van der Waals surface area contributed by atoms with Crippen LogP contribution >= 0.6 is 27.5 Å². The molecule has 0 saturated carbocycles. The number of halogens is 2. The van der Waals surface area contributed by atoms with E-state index in [0.717, 1.165) is 49.0 Å². The summed E-state index contributed by atoms with van der Waals surface area (Å²) in [6.07, 6.45) is 4.87. The highest BCUT2D eigenvalue weighted by Crippen LogP contribution is 2.25. The lowest BCUT2D eigenvalue weighted by atomic mass is 10.1. The van der Waals surface area contributed by atoms with Crippen LogP contribution in [-0.2, 0) is 6.42 Å². The summed E-state index contributed by atoms with van der Waals surface area (Å²) in [7, 11) is 0. The van der Waals surface area contributed by atoms with Crippen molar-refractivity contribution in [2.24, 2.45) is 0 Å². The number of amides is 2. The highest BCUT2D eigenvalue weighted by molar-refractivity contribution is 9.10. The van der Waals surface area contributed by atoms with E-state index in [1.54, 1.807) is 24.3 Å². The predicted octanol–water partition coefficient (Wildman–Crippen LogP) is 5.49. The summed E-state index contributed by atoms with van der Waals surface area (Å²) in [5.74, 6) is 0.531. The molecule has 0 saturated heterocycles. The largest absolute Gasteiger partial charge is 0.351 e. The zero-order valence-electron chi connectivity index (χ0n) is 18.3. The summed E-state index contributed by atoms with van der Waals surface area (Å²) in [6.45, 7) is 0.552. The van der Waals surface area contributed by atoms with Crippen molar-refractivity contribution in [3.05, 3.63) is 75.1 Å². The van der Waals surface area contributed by atoms with E-state index in [-0.39, 0.29) is 17.4 Å². The van der Waals surface area contributed by atoms with Gasteiger partial charge in [0.2, 0.25) is 0 Å². The first-order valence-corrected chi connectivity index (χ1v) is 12.2. The Morgan fingerprint density at radius 1 is 0.971 bits per heavy atom. The molecule has 8 nitrogen and oxygen atoms in total. The number of H-pyrrole nitrogens is 2. The van der Waals surface area contributed by atoms with Gasteiger partial charge in [-0.15, -0.1) is 0 Å². The maximum Gasteiger partial charge on any atom is 0.270 e. The number of carbonyl (C=O) groups is 2. The van der Waals surface area contributed by atoms with Gasteiger partial charge in [0.15, 0.2) is 5.82 Å². The Bertz CT molecular complexity index is 1270. The number of hydrogen-bond acceptors (Lipinski definition) is 4. The van der Waals surface area contributed by atoms with Crippen LogP contribution in [-0.4, -0.2) is 38.5 Å². The van der Waals surface area contributed by atoms with Crippen molar-refractivity contribution in [3.63, 3.8) is 0 Å². The number of unbranched alkanes of at least 4 members (excludes halogenated alkanes) is 3. The van der Waals surface area contributed by atoms with E-state index in [9.17, 15) is 9.59 Å². The molecule has 0 spiro atoms. The number of nitrogens with one attached hydrogen (secondary N) is 4. The molecule has 0 radical (unpaired) electrons. The minimum absolute atomic E-state index is 0.223. The van der Waals surface area contributed by atoms with Gasteiger partial charge in [0.25, 0.3) is 11.8 Å². The fourth-order valence-corrected chi connectivity index (χ4v) is 4.25. The van der Waals surface area contributed by atoms with E-state index >= 15 is 0 Å². The molecule has 0 fully saturated rings.